The molecule has 0 aliphatic carbocycles. The van der Waals surface area contributed by atoms with E-state index in [1.807, 2.05) is 30.3 Å². The van der Waals surface area contributed by atoms with Gasteiger partial charge in [0.2, 0.25) is 11.8 Å². The number of ketones is 1. The van der Waals surface area contributed by atoms with Crippen LogP contribution >= 0.6 is 0 Å². The van der Waals surface area contributed by atoms with Gasteiger partial charge < -0.3 is 21.1 Å². The van der Waals surface area contributed by atoms with Crippen LogP contribution in [-0.2, 0) is 46.5 Å². The molecule has 4 N–H and O–H groups in total. The summed E-state index contributed by atoms with van der Waals surface area (Å²) in [6, 6.07) is 15.6. The molecule has 0 radical (unpaired) electrons. The Morgan fingerprint density at radius 1 is 0.833 bits per heavy atom. The van der Waals surface area contributed by atoms with E-state index in [-0.39, 0.29) is 67.2 Å². The Morgan fingerprint density at radius 3 is 2.17 bits per heavy atom. The molecule has 0 spiro atoms. The zero-order valence-electron chi connectivity index (χ0n) is 28.0. The molecule has 11 nitrogen and oxygen atoms in total. The van der Waals surface area contributed by atoms with Crippen LogP contribution in [0, 0.1) is 11.8 Å². The topological polar surface area (TPSA) is 165 Å². The Labute approximate surface area is 282 Å². The fourth-order valence-corrected chi connectivity index (χ4v) is 5.24. The fraction of sp³-hybridized carbons (Fsp3) is 0.459. The first-order valence-corrected chi connectivity index (χ1v) is 16.7. The molecule has 0 fully saturated rings. The van der Waals surface area contributed by atoms with Crippen molar-refractivity contribution in [2.45, 2.75) is 84.3 Å². The summed E-state index contributed by atoms with van der Waals surface area (Å²) in [5, 5.41) is 5.81. The first-order valence-electron chi connectivity index (χ1n) is 16.7. The normalized spacial score (nSPS) is 13.8. The van der Waals surface area contributed by atoms with Gasteiger partial charge in [0.15, 0.2) is 5.78 Å². The first-order chi connectivity index (χ1) is 23.1. The van der Waals surface area contributed by atoms with Crippen LogP contribution in [0.15, 0.2) is 66.7 Å². The number of unbranched alkanes of at least 4 members (excludes halogenated alkanes) is 3. The lowest BCUT2D eigenvalue weighted by atomic mass is 9.90. The van der Waals surface area contributed by atoms with Crippen LogP contribution in [0.2, 0.25) is 0 Å². The van der Waals surface area contributed by atoms with Crippen molar-refractivity contribution in [3.8, 4) is 0 Å². The minimum absolute atomic E-state index is 0.0522. The van der Waals surface area contributed by atoms with Gasteiger partial charge in [-0.05, 0) is 61.9 Å². The van der Waals surface area contributed by atoms with E-state index < -0.39 is 12.0 Å². The maximum absolute atomic E-state index is 13.8. The Balaban J connectivity index is 1.60. The zero-order valence-corrected chi connectivity index (χ0v) is 28.0. The van der Waals surface area contributed by atoms with Crippen LogP contribution in [0.1, 0.15) is 76.3 Å². The largest absolute Gasteiger partial charge is 0.461 e. The summed E-state index contributed by atoms with van der Waals surface area (Å²) in [6.45, 7) is 4.43. The van der Waals surface area contributed by atoms with Crippen LogP contribution in [-0.4, -0.2) is 59.4 Å². The second kappa shape index (κ2) is 19.9. The predicted molar refractivity (Wildman–Crippen MR) is 182 cm³/mol. The minimum atomic E-state index is -0.816. The van der Waals surface area contributed by atoms with E-state index in [1.54, 1.807) is 38.1 Å². The highest BCUT2D eigenvalue weighted by Gasteiger charge is 2.28. The molecule has 48 heavy (non-hydrogen) atoms. The van der Waals surface area contributed by atoms with Crippen LogP contribution in [0.5, 0.6) is 0 Å². The number of Topliss-reactive ketones (excluding diaryl/α,β-unsaturated/α-hetero) is 1. The molecule has 3 rings (SSSR count). The summed E-state index contributed by atoms with van der Waals surface area (Å²) in [5.41, 5.74) is 7.92. The number of carbonyl (C=O) groups is 6. The number of anilines is 1. The Morgan fingerprint density at radius 2 is 1.52 bits per heavy atom. The number of nitrogens with two attached hydrogens (primary N) is 1. The molecule has 2 aromatic rings. The number of amides is 4. The summed E-state index contributed by atoms with van der Waals surface area (Å²) >= 11 is 0. The summed E-state index contributed by atoms with van der Waals surface area (Å²) in [4.78, 5) is 76.6. The predicted octanol–water partition coefficient (Wildman–Crippen LogP) is 4.24. The lowest BCUT2D eigenvalue weighted by molar-refractivity contribution is -0.148. The van der Waals surface area contributed by atoms with E-state index in [1.165, 1.54) is 17.1 Å². The van der Waals surface area contributed by atoms with Crippen LogP contribution in [0.4, 0.5) is 5.69 Å². The number of ether oxygens (including phenoxy) is 1. The number of rotatable bonds is 21. The number of esters is 1. The van der Waals surface area contributed by atoms with Crippen molar-refractivity contribution >= 4 is 41.1 Å². The average Bonchev–Trinajstić information content (AvgIpc) is 3.39. The van der Waals surface area contributed by atoms with Crippen molar-refractivity contribution in [2.24, 2.45) is 17.6 Å². The molecular formula is C37H48N4O7. The zero-order chi connectivity index (χ0) is 34.9. The van der Waals surface area contributed by atoms with Gasteiger partial charge >= 0.3 is 5.97 Å². The van der Waals surface area contributed by atoms with Gasteiger partial charge in [0.05, 0.1) is 12.0 Å². The highest BCUT2D eigenvalue weighted by atomic mass is 16.5. The smallest absolute Gasteiger partial charge is 0.308 e. The van der Waals surface area contributed by atoms with Gasteiger partial charge in [-0.1, -0.05) is 69.2 Å². The number of hydrogen-bond donors (Lipinski definition) is 3. The van der Waals surface area contributed by atoms with Crippen molar-refractivity contribution in [1.29, 1.82) is 0 Å². The average molecular weight is 661 g/mol. The molecule has 2 aromatic carbocycles. The fourth-order valence-electron chi connectivity index (χ4n) is 5.24. The third kappa shape index (κ3) is 12.9. The Hall–Kier alpha value is -4.64. The van der Waals surface area contributed by atoms with E-state index in [0.29, 0.717) is 57.3 Å². The molecule has 0 bridgehead atoms. The monoisotopic (exact) mass is 660 g/mol. The SMILES string of the molecule is CC(C)C(=O)OCc1ccc(NC(=O)[C@H](CCCCN)CC(=O)[C@H](Cc2ccccc2)NC(=O)CCCCCN2C(=O)C=CC2=O)cc1. The molecule has 258 valence electrons. The lowest BCUT2D eigenvalue weighted by Gasteiger charge is -2.22. The van der Waals surface area contributed by atoms with Crippen molar-refractivity contribution in [3.05, 3.63) is 77.9 Å². The molecular weight excluding hydrogens is 612 g/mol. The molecule has 0 aromatic heterocycles. The second-order valence-electron chi connectivity index (χ2n) is 12.4. The van der Waals surface area contributed by atoms with E-state index >= 15 is 0 Å². The summed E-state index contributed by atoms with van der Waals surface area (Å²) in [6.07, 6.45) is 6.51. The van der Waals surface area contributed by atoms with Gasteiger partial charge in [-0.2, -0.15) is 0 Å². The summed E-state index contributed by atoms with van der Waals surface area (Å²) in [5.74, 6) is -2.60. The highest BCUT2D eigenvalue weighted by Crippen LogP contribution is 2.20. The molecule has 4 amide bonds. The van der Waals surface area contributed by atoms with E-state index in [9.17, 15) is 28.8 Å². The Kier molecular flexibility index (Phi) is 15.7. The van der Waals surface area contributed by atoms with Gasteiger partial charge in [-0.3, -0.25) is 33.7 Å². The molecule has 1 aliphatic heterocycles. The summed E-state index contributed by atoms with van der Waals surface area (Å²) in [7, 11) is 0. The Bertz CT molecular complexity index is 1400. The van der Waals surface area contributed by atoms with Gasteiger partial charge in [-0.15, -0.1) is 0 Å². The van der Waals surface area contributed by atoms with Crippen molar-refractivity contribution in [1.82, 2.24) is 10.2 Å². The third-order valence-electron chi connectivity index (χ3n) is 8.09. The molecule has 2 atom stereocenters. The lowest BCUT2D eigenvalue weighted by Crippen LogP contribution is -2.43. The van der Waals surface area contributed by atoms with Gasteiger partial charge in [0.1, 0.15) is 6.61 Å². The van der Waals surface area contributed by atoms with E-state index in [2.05, 4.69) is 10.6 Å². The van der Waals surface area contributed by atoms with E-state index in [4.69, 9.17) is 10.5 Å². The van der Waals surface area contributed by atoms with Crippen LogP contribution in [0.3, 0.4) is 0 Å². The maximum Gasteiger partial charge on any atom is 0.308 e. The van der Waals surface area contributed by atoms with Gasteiger partial charge in [0.25, 0.3) is 11.8 Å². The standard InChI is InChI=1S/C37H48N4O7/c1-26(2)37(47)48-25-28-15-17-30(18-16-28)39-36(46)29(13-8-9-21-38)24-32(42)31(23-27-11-5-3-6-12-27)40-33(43)14-7-4-10-22-41-34(44)19-20-35(41)45/h3,5-6,11-12,15-20,26,29,31H,4,7-10,13-14,21-25,38H2,1-2H3,(H,39,46)(H,40,43)/t29-,31+/m1/s1. The second-order valence-corrected chi connectivity index (χ2v) is 12.4. The quantitative estimate of drug-likeness (QED) is 0.102. The number of hydrogen-bond acceptors (Lipinski definition) is 8. The number of imide groups is 1. The number of benzene rings is 2. The van der Waals surface area contributed by atoms with Crippen molar-refractivity contribution in [3.63, 3.8) is 0 Å². The highest BCUT2D eigenvalue weighted by molar-refractivity contribution is 6.12. The van der Waals surface area contributed by atoms with Crippen LogP contribution in [0.25, 0.3) is 0 Å². The van der Waals surface area contributed by atoms with Crippen molar-refractivity contribution in [2.75, 3.05) is 18.4 Å². The molecule has 1 aliphatic rings. The van der Waals surface area contributed by atoms with Gasteiger partial charge in [-0.25, -0.2) is 0 Å². The number of carbonyl (C=O) groups excluding carboxylic acids is 6. The molecule has 0 saturated carbocycles. The third-order valence-corrected chi connectivity index (χ3v) is 8.09. The van der Waals surface area contributed by atoms with Crippen molar-refractivity contribution < 1.29 is 33.5 Å². The van der Waals surface area contributed by atoms with Gasteiger partial charge in [0, 0.05) is 43.1 Å². The van der Waals surface area contributed by atoms with Crippen LogP contribution < -0.4 is 16.4 Å². The minimum Gasteiger partial charge on any atom is -0.461 e. The molecule has 11 heteroatoms. The van der Waals surface area contributed by atoms with E-state index in [0.717, 1.165) is 11.1 Å². The molecule has 0 unspecified atom stereocenters. The number of nitrogens with zero attached hydrogens (tertiary/aromatic N) is 1. The molecule has 0 saturated heterocycles. The maximum atomic E-state index is 13.8. The number of nitrogens with one attached hydrogen (secondary N) is 2. The summed E-state index contributed by atoms with van der Waals surface area (Å²) < 4.78 is 5.27. The first kappa shape index (κ1) is 37.8. The molecule has 1 heterocycles.